The van der Waals surface area contributed by atoms with Crippen LogP contribution in [0.1, 0.15) is 26.2 Å². The minimum Gasteiger partial charge on any atom is -0.466 e. The molecule has 0 N–H and O–H groups in total. The molecule has 1 heterocycles. The third-order valence-electron chi connectivity index (χ3n) is 2.64. The molecule has 1 aliphatic carbocycles. The van der Waals surface area contributed by atoms with Gasteiger partial charge in [-0.05, 0) is 25.2 Å². The standard InChI is InChI=1S/C9H14O3/c1-6(10)11-5-7-2-3-8-9(4-7)12-8/h7-9H,2-5H2,1H3/t7-,8-,9+/m1/s1. The first kappa shape index (κ1) is 8.05. The van der Waals surface area contributed by atoms with Gasteiger partial charge in [0.15, 0.2) is 0 Å². The monoisotopic (exact) mass is 170 g/mol. The Balaban J connectivity index is 1.70. The van der Waals surface area contributed by atoms with Crippen molar-refractivity contribution in [1.29, 1.82) is 0 Å². The Hall–Kier alpha value is -0.570. The molecule has 3 nitrogen and oxygen atoms in total. The van der Waals surface area contributed by atoms with Gasteiger partial charge < -0.3 is 9.47 Å². The molecular weight excluding hydrogens is 156 g/mol. The van der Waals surface area contributed by atoms with Crippen LogP contribution in [0.25, 0.3) is 0 Å². The maximum absolute atomic E-state index is 10.5. The van der Waals surface area contributed by atoms with Crippen LogP contribution in [0.3, 0.4) is 0 Å². The van der Waals surface area contributed by atoms with E-state index in [4.69, 9.17) is 9.47 Å². The van der Waals surface area contributed by atoms with Crippen LogP contribution < -0.4 is 0 Å². The van der Waals surface area contributed by atoms with Crippen LogP contribution in [-0.4, -0.2) is 24.8 Å². The van der Waals surface area contributed by atoms with E-state index in [9.17, 15) is 4.79 Å². The van der Waals surface area contributed by atoms with Gasteiger partial charge >= 0.3 is 5.97 Å². The van der Waals surface area contributed by atoms with Gasteiger partial charge in [-0.2, -0.15) is 0 Å². The lowest BCUT2D eigenvalue weighted by molar-refractivity contribution is -0.142. The number of hydrogen-bond acceptors (Lipinski definition) is 3. The van der Waals surface area contributed by atoms with E-state index in [1.165, 1.54) is 6.92 Å². The molecule has 0 spiro atoms. The molecule has 1 aliphatic heterocycles. The third-order valence-corrected chi connectivity index (χ3v) is 2.64. The fourth-order valence-electron chi connectivity index (χ4n) is 1.87. The smallest absolute Gasteiger partial charge is 0.302 e. The maximum Gasteiger partial charge on any atom is 0.302 e. The van der Waals surface area contributed by atoms with Crippen LogP contribution in [0.15, 0.2) is 0 Å². The molecule has 3 heteroatoms. The summed E-state index contributed by atoms with van der Waals surface area (Å²) < 4.78 is 10.3. The van der Waals surface area contributed by atoms with Crippen molar-refractivity contribution < 1.29 is 14.3 Å². The number of carbonyl (C=O) groups is 1. The highest BCUT2D eigenvalue weighted by atomic mass is 16.6. The van der Waals surface area contributed by atoms with Gasteiger partial charge in [0.2, 0.25) is 0 Å². The molecule has 2 aliphatic rings. The number of hydrogen-bond donors (Lipinski definition) is 0. The summed E-state index contributed by atoms with van der Waals surface area (Å²) in [7, 11) is 0. The maximum atomic E-state index is 10.5. The number of epoxide rings is 1. The van der Waals surface area contributed by atoms with Crippen LogP contribution in [0, 0.1) is 5.92 Å². The van der Waals surface area contributed by atoms with Gasteiger partial charge in [0.25, 0.3) is 0 Å². The van der Waals surface area contributed by atoms with Gasteiger partial charge in [-0.15, -0.1) is 0 Å². The van der Waals surface area contributed by atoms with Crippen molar-refractivity contribution in [2.75, 3.05) is 6.61 Å². The summed E-state index contributed by atoms with van der Waals surface area (Å²) in [5, 5.41) is 0. The average molecular weight is 170 g/mol. The number of carbonyl (C=O) groups excluding carboxylic acids is 1. The van der Waals surface area contributed by atoms with E-state index >= 15 is 0 Å². The molecule has 12 heavy (non-hydrogen) atoms. The molecule has 0 amide bonds. The van der Waals surface area contributed by atoms with E-state index in [1.54, 1.807) is 0 Å². The summed E-state index contributed by atoms with van der Waals surface area (Å²) in [4.78, 5) is 10.5. The van der Waals surface area contributed by atoms with Crippen molar-refractivity contribution in [2.45, 2.75) is 38.4 Å². The Bertz CT molecular complexity index is 190. The normalized spacial score (nSPS) is 38.6. The summed E-state index contributed by atoms with van der Waals surface area (Å²) in [6.07, 6.45) is 4.40. The predicted octanol–water partition coefficient (Wildman–Crippen LogP) is 1.12. The molecule has 1 saturated carbocycles. The first-order chi connectivity index (χ1) is 5.75. The highest BCUT2D eigenvalue weighted by Crippen LogP contribution is 2.39. The average Bonchev–Trinajstić information content (AvgIpc) is 2.78. The van der Waals surface area contributed by atoms with Crippen molar-refractivity contribution in [2.24, 2.45) is 5.92 Å². The molecule has 0 aromatic carbocycles. The number of esters is 1. The van der Waals surface area contributed by atoms with Crippen LogP contribution in [0.5, 0.6) is 0 Å². The van der Waals surface area contributed by atoms with Crippen molar-refractivity contribution in [3.8, 4) is 0 Å². The van der Waals surface area contributed by atoms with E-state index in [0.29, 0.717) is 24.7 Å². The van der Waals surface area contributed by atoms with Gasteiger partial charge in [-0.25, -0.2) is 0 Å². The van der Waals surface area contributed by atoms with Gasteiger partial charge in [0, 0.05) is 6.92 Å². The van der Waals surface area contributed by atoms with Crippen LogP contribution in [0.2, 0.25) is 0 Å². The zero-order valence-electron chi connectivity index (χ0n) is 7.29. The molecule has 0 radical (unpaired) electrons. The number of fused-ring (bicyclic) bond motifs is 1. The Morgan fingerprint density at radius 1 is 1.50 bits per heavy atom. The second-order valence-electron chi connectivity index (χ2n) is 3.69. The Morgan fingerprint density at radius 3 is 3.00 bits per heavy atom. The molecule has 3 atom stereocenters. The fourth-order valence-corrected chi connectivity index (χ4v) is 1.87. The lowest BCUT2D eigenvalue weighted by Crippen LogP contribution is -2.19. The predicted molar refractivity (Wildman–Crippen MR) is 42.6 cm³/mol. The highest BCUT2D eigenvalue weighted by Gasteiger charge is 2.43. The molecule has 2 fully saturated rings. The second-order valence-corrected chi connectivity index (χ2v) is 3.69. The van der Waals surface area contributed by atoms with E-state index in [-0.39, 0.29) is 5.97 Å². The van der Waals surface area contributed by atoms with Crippen LogP contribution >= 0.6 is 0 Å². The third kappa shape index (κ3) is 1.78. The number of rotatable bonds is 2. The van der Waals surface area contributed by atoms with Crippen LogP contribution in [0.4, 0.5) is 0 Å². The Labute approximate surface area is 72.0 Å². The summed E-state index contributed by atoms with van der Waals surface area (Å²) in [6.45, 7) is 2.04. The van der Waals surface area contributed by atoms with Crippen LogP contribution in [-0.2, 0) is 14.3 Å². The van der Waals surface area contributed by atoms with E-state index < -0.39 is 0 Å². The molecule has 0 aromatic rings. The fraction of sp³-hybridized carbons (Fsp3) is 0.889. The zero-order valence-corrected chi connectivity index (χ0v) is 7.29. The molecule has 0 aromatic heterocycles. The second kappa shape index (κ2) is 3.05. The largest absolute Gasteiger partial charge is 0.466 e. The molecule has 2 rings (SSSR count). The number of ether oxygens (including phenoxy) is 2. The lowest BCUT2D eigenvalue weighted by atomic mass is 9.90. The van der Waals surface area contributed by atoms with E-state index in [1.807, 2.05) is 0 Å². The minimum absolute atomic E-state index is 0.172. The first-order valence-corrected chi connectivity index (χ1v) is 4.54. The summed E-state index contributed by atoms with van der Waals surface area (Å²) in [5.74, 6) is 0.367. The lowest BCUT2D eigenvalue weighted by Gasteiger charge is -2.17. The summed E-state index contributed by atoms with van der Waals surface area (Å²) in [6, 6.07) is 0. The Kier molecular flexibility index (Phi) is 2.05. The van der Waals surface area contributed by atoms with Gasteiger partial charge in [0.05, 0.1) is 18.8 Å². The molecule has 0 unspecified atom stereocenters. The molecule has 1 saturated heterocycles. The summed E-state index contributed by atoms with van der Waals surface area (Å²) >= 11 is 0. The van der Waals surface area contributed by atoms with E-state index in [2.05, 4.69) is 0 Å². The highest BCUT2D eigenvalue weighted by molar-refractivity contribution is 5.65. The topological polar surface area (TPSA) is 38.8 Å². The first-order valence-electron chi connectivity index (χ1n) is 4.54. The van der Waals surface area contributed by atoms with E-state index in [0.717, 1.165) is 19.3 Å². The Morgan fingerprint density at radius 2 is 2.33 bits per heavy atom. The SMILES string of the molecule is CC(=O)OC[C@@H]1CC[C@H]2O[C@H]2C1. The van der Waals surface area contributed by atoms with Crippen molar-refractivity contribution >= 4 is 5.97 Å². The molecular formula is C9H14O3. The quantitative estimate of drug-likeness (QED) is 0.460. The minimum atomic E-state index is -0.172. The molecule has 0 bridgehead atoms. The summed E-state index contributed by atoms with van der Waals surface area (Å²) in [5.41, 5.74) is 0. The van der Waals surface area contributed by atoms with Gasteiger partial charge in [-0.1, -0.05) is 0 Å². The van der Waals surface area contributed by atoms with Gasteiger partial charge in [-0.3, -0.25) is 4.79 Å². The van der Waals surface area contributed by atoms with Crippen molar-refractivity contribution in [3.05, 3.63) is 0 Å². The van der Waals surface area contributed by atoms with Crippen molar-refractivity contribution in [3.63, 3.8) is 0 Å². The molecule has 68 valence electrons. The van der Waals surface area contributed by atoms with Crippen molar-refractivity contribution in [1.82, 2.24) is 0 Å². The zero-order chi connectivity index (χ0) is 8.55. The van der Waals surface area contributed by atoms with Gasteiger partial charge in [0.1, 0.15) is 0 Å².